The van der Waals surface area contributed by atoms with Crippen LogP contribution in [0.5, 0.6) is 0 Å². The van der Waals surface area contributed by atoms with Crippen molar-refractivity contribution in [1.29, 1.82) is 0 Å². The lowest BCUT2D eigenvalue weighted by Gasteiger charge is -2.23. The number of benzene rings is 1. The lowest BCUT2D eigenvalue weighted by atomic mass is 9.95. The summed E-state index contributed by atoms with van der Waals surface area (Å²) >= 11 is 0. The largest absolute Gasteiger partial charge is 0.465 e. The SMILES string of the molecule is COC(=O)c1cccnc1Nc1ccc(C(C(C)C)n2ccnc2)cc1. The van der Waals surface area contributed by atoms with Gasteiger partial charge < -0.3 is 14.6 Å². The Morgan fingerprint density at radius 3 is 2.54 bits per heavy atom. The van der Waals surface area contributed by atoms with Crippen molar-refractivity contribution < 1.29 is 9.53 Å². The van der Waals surface area contributed by atoms with Crippen LogP contribution in [0.25, 0.3) is 0 Å². The second kappa shape index (κ2) is 7.82. The second-order valence-electron chi connectivity index (χ2n) is 6.34. The van der Waals surface area contributed by atoms with Crippen LogP contribution in [-0.4, -0.2) is 27.6 Å². The van der Waals surface area contributed by atoms with Gasteiger partial charge in [0.25, 0.3) is 0 Å². The molecule has 1 aromatic carbocycles. The summed E-state index contributed by atoms with van der Waals surface area (Å²) in [6, 6.07) is 11.7. The molecule has 0 radical (unpaired) electrons. The number of nitrogens with one attached hydrogen (secondary N) is 1. The number of methoxy groups -OCH3 is 1. The quantitative estimate of drug-likeness (QED) is 0.679. The molecule has 0 fully saturated rings. The van der Waals surface area contributed by atoms with Crippen molar-refractivity contribution in [2.45, 2.75) is 19.9 Å². The van der Waals surface area contributed by atoms with Gasteiger partial charge in [0.1, 0.15) is 11.4 Å². The number of aromatic nitrogens is 3. The molecule has 3 aromatic rings. The number of carbonyl (C=O) groups is 1. The van der Waals surface area contributed by atoms with E-state index in [9.17, 15) is 4.79 Å². The molecule has 1 atom stereocenters. The van der Waals surface area contributed by atoms with E-state index < -0.39 is 5.97 Å². The van der Waals surface area contributed by atoms with Crippen LogP contribution in [0.3, 0.4) is 0 Å². The molecular formula is C20H22N4O2. The number of esters is 1. The van der Waals surface area contributed by atoms with Crippen molar-refractivity contribution >= 4 is 17.5 Å². The number of nitrogens with zero attached hydrogens (tertiary/aromatic N) is 3. The average Bonchev–Trinajstić information content (AvgIpc) is 3.17. The molecule has 6 heteroatoms. The fourth-order valence-corrected chi connectivity index (χ4v) is 3.02. The average molecular weight is 350 g/mol. The summed E-state index contributed by atoms with van der Waals surface area (Å²) in [5.74, 6) is 0.476. The number of hydrogen-bond acceptors (Lipinski definition) is 5. The zero-order valence-corrected chi connectivity index (χ0v) is 15.1. The summed E-state index contributed by atoms with van der Waals surface area (Å²) < 4.78 is 6.92. The van der Waals surface area contributed by atoms with Crippen LogP contribution in [0, 0.1) is 5.92 Å². The van der Waals surface area contributed by atoms with Gasteiger partial charge in [0.05, 0.1) is 19.5 Å². The van der Waals surface area contributed by atoms with Gasteiger partial charge in [0.15, 0.2) is 0 Å². The third-order valence-electron chi connectivity index (χ3n) is 4.21. The lowest BCUT2D eigenvalue weighted by Crippen LogP contribution is -2.15. The molecule has 26 heavy (non-hydrogen) atoms. The van der Waals surface area contributed by atoms with Crippen molar-refractivity contribution in [1.82, 2.24) is 14.5 Å². The minimum Gasteiger partial charge on any atom is -0.465 e. The first-order chi connectivity index (χ1) is 12.6. The van der Waals surface area contributed by atoms with E-state index in [0.717, 1.165) is 5.69 Å². The number of hydrogen-bond donors (Lipinski definition) is 1. The van der Waals surface area contributed by atoms with Crippen LogP contribution in [-0.2, 0) is 4.74 Å². The number of pyridine rings is 1. The Kier molecular flexibility index (Phi) is 5.31. The van der Waals surface area contributed by atoms with Crippen molar-refractivity contribution in [2.24, 2.45) is 5.92 Å². The molecule has 0 amide bonds. The van der Waals surface area contributed by atoms with Crippen LogP contribution in [0.1, 0.15) is 35.8 Å². The number of anilines is 2. The van der Waals surface area contributed by atoms with Crippen LogP contribution in [0.4, 0.5) is 11.5 Å². The minimum absolute atomic E-state index is 0.215. The summed E-state index contributed by atoms with van der Waals surface area (Å²) in [5, 5.41) is 3.19. The minimum atomic E-state index is -0.419. The molecule has 0 aliphatic carbocycles. The van der Waals surface area contributed by atoms with Gasteiger partial charge in [0, 0.05) is 24.3 Å². The first kappa shape index (κ1) is 17.7. The third kappa shape index (κ3) is 3.74. The van der Waals surface area contributed by atoms with Gasteiger partial charge in [-0.15, -0.1) is 0 Å². The summed E-state index contributed by atoms with van der Waals surface area (Å²) in [6.45, 7) is 4.38. The molecule has 0 aliphatic heterocycles. The van der Waals surface area contributed by atoms with Crippen molar-refractivity contribution in [3.63, 3.8) is 0 Å². The second-order valence-corrected chi connectivity index (χ2v) is 6.34. The molecule has 0 spiro atoms. The molecule has 2 aromatic heterocycles. The highest BCUT2D eigenvalue weighted by Crippen LogP contribution is 2.28. The third-order valence-corrected chi connectivity index (χ3v) is 4.21. The molecule has 1 N–H and O–H groups in total. The van der Waals surface area contributed by atoms with Gasteiger partial charge in [-0.1, -0.05) is 26.0 Å². The number of ether oxygens (including phenoxy) is 1. The maximum Gasteiger partial charge on any atom is 0.341 e. The Morgan fingerprint density at radius 1 is 1.15 bits per heavy atom. The summed E-state index contributed by atoms with van der Waals surface area (Å²) in [7, 11) is 1.36. The standard InChI is InChI=1S/C20H22N4O2/c1-14(2)18(24-12-11-21-13-24)15-6-8-16(9-7-15)23-19-17(20(25)26-3)5-4-10-22-19/h4-14,18H,1-3H3,(H,22,23). The van der Waals surface area contributed by atoms with Crippen LogP contribution < -0.4 is 5.32 Å². The van der Waals surface area contributed by atoms with Gasteiger partial charge in [0.2, 0.25) is 0 Å². The summed E-state index contributed by atoms with van der Waals surface area (Å²) in [5.41, 5.74) is 2.45. The highest BCUT2D eigenvalue weighted by molar-refractivity contribution is 5.95. The number of carbonyl (C=O) groups excluding carboxylic acids is 1. The predicted octanol–water partition coefficient (Wildman–Crippen LogP) is 4.05. The Hall–Kier alpha value is -3.15. The van der Waals surface area contributed by atoms with E-state index in [1.807, 2.05) is 24.7 Å². The number of rotatable bonds is 6. The smallest absolute Gasteiger partial charge is 0.341 e. The highest BCUT2D eigenvalue weighted by atomic mass is 16.5. The summed E-state index contributed by atoms with van der Waals surface area (Å²) in [6.07, 6.45) is 7.25. The number of imidazole rings is 1. The van der Waals surface area contributed by atoms with E-state index in [1.54, 1.807) is 24.5 Å². The van der Waals surface area contributed by atoms with Gasteiger partial charge in [-0.2, -0.15) is 0 Å². The van der Waals surface area contributed by atoms with E-state index >= 15 is 0 Å². The van der Waals surface area contributed by atoms with E-state index in [4.69, 9.17) is 4.74 Å². The normalized spacial score (nSPS) is 12.0. The molecule has 3 rings (SSSR count). The van der Waals surface area contributed by atoms with Crippen LogP contribution in [0.15, 0.2) is 61.3 Å². The maximum absolute atomic E-state index is 11.9. The fraction of sp³-hybridized carbons (Fsp3) is 0.250. The van der Waals surface area contributed by atoms with E-state index in [1.165, 1.54) is 12.7 Å². The highest BCUT2D eigenvalue weighted by Gasteiger charge is 2.17. The molecule has 0 bridgehead atoms. The monoisotopic (exact) mass is 350 g/mol. The molecule has 0 aliphatic rings. The fourth-order valence-electron chi connectivity index (χ4n) is 3.02. The summed E-state index contributed by atoms with van der Waals surface area (Å²) in [4.78, 5) is 20.3. The zero-order valence-electron chi connectivity index (χ0n) is 15.1. The molecular weight excluding hydrogens is 328 g/mol. The Balaban J connectivity index is 1.84. The molecule has 134 valence electrons. The molecule has 0 saturated carbocycles. The van der Waals surface area contributed by atoms with Gasteiger partial charge >= 0.3 is 5.97 Å². The zero-order chi connectivity index (χ0) is 18.5. The molecule has 6 nitrogen and oxygen atoms in total. The molecule has 2 heterocycles. The molecule has 1 unspecified atom stereocenters. The van der Waals surface area contributed by atoms with Crippen molar-refractivity contribution in [3.8, 4) is 0 Å². The maximum atomic E-state index is 11.9. The van der Waals surface area contributed by atoms with Gasteiger partial charge in [-0.05, 0) is 35.7 Å². The predicted molar refractivity (Wildman–Crippen MR) is 101 cm³/mol. The van der Waals surface area contributed by atoms with Crippen LogP contribution in [0.2, 0.25) is 0 Å². The van der Waals surface area contributed by atoms with E-state index in [2.05, 4.69) is 45.8 Å². The van der Waals surface area contributed by atoms with Crippen LogP contribution >= 0.6 is 0 Å². The van der Waals surface area contributed by atoms with Gasteiger partial charge in [-0.3, -0.25) is 0 Å². The lowest BCUT2D eigenvalue weighted by molar-refractivity contribution is 0.0601. The topological polar surface area (TPSA) is 69.0 Å². The molecule has 0 saturated heterocycles. The Bertz CT molecular complexity index is 858. The van der Waals surface area contributed by atoms with Gasteiger partial charge in [-0.25, -0.2) is 14.8 Å². The Labute approximate surface area is 152 Å². The van der Waals surface area contributed by atoms with E-state index in [-0.39, 0.29) is 6.04 Å². The Morgan fingerprint density at radius 2 is 1.92 bits per heavy atom. The van der Waals surface area contributed by atoms with Crippen molar-refractivity contribution in [2.75, 3.05) is 12.4 Å². The van der Waals surface area contributed by atoms with E-state index in [0.29, 0.717) is 17.3 Å². The first-order valence-corrected chi connectivity index (χ1v) is 8.48. The first-order valence-electron chi connectivity index (χ1n) is 8.48. The van der Waals surface area contributed by atoms with Crippen molar-refractivity contribution in [3.05, 3.63) is 72.4 Å².